The summed E-state index contributed by atoms with van der Waals surface area (Å²) in [5, 5.41) is 0. The summed E-state index contributed by atoms with van der Waals surface area (Å²) in [7, 11) is 0.0529. The van der Waals surface area contributed by atoms with Crippen LogP contribution in [-0.2, 0) is 14.0 Å². The van der Waals surface area contributed by atoms with Crippen molar-refractivity contribution in [3.05, 3.63) is 0 Å². The Kier molecular flexibility index (Phi) is 4.02. The van der Waals surface area contributed by atoms with Crippen molar-refractivity contribution in [2.45, 2.75) is 77.7 Å². The molecular weight excluding hydrogens is 228 g/mol. The molecule has 0 amide bonds. The molecule has 6 heteroatoms. The maximum atomic E-state index is 6.10. The zero-order chi connectivity index (χ0) is 14.4. The highest BCUT2D eigenvalue weighted by Gasteiger charge is 2.52. The SMILES string of the molecule is CC(C)(N)C(C)(C)OBB1OC(C)(C)C(C)(C)O1. The summed E-state index contributed by atoms with van der Waals surface area (Å²) in [5.74, 6) is 0. The van der Waals surface area contributed by atoms with E-state index in [9.17, 15) is 0 Å². The highest BCUT2D eigenvalue weighted by molar-refractivity contribution is 7.03. The van der Waals surface area contributed by atoms with Gasteiger partial charge in [-0.2, -0.15) is 0 Å². The van der Waals surface area contributed by atoms with E-state index >= 15 is 0 Å². The molecule has 0 radical (unpaired) electrons. The minimum Gasteiger partial charge on any atom is -0.435 e. The van der Waals surface area contributed by atoms with E-state index in [1.54, 1.807) is 0 Å². The van der Waals surface area contributed by atoms with Gasteiger partial charge in [0.05, 0.1) is 16.8 Å². The van der Waals surface area contributed by atoms with Crippen LogP contribution in [0.2, 0.25) is 0 Å². The van der Waals surface area contributed by atoms with Crippen molar-refractivity contribution in [3.63, 3.8) is 0 Å². The second kappa shape index (κ2) is 4.51. The predicted octanol–water partition coefficient (Wildman–Crippen LogP) is 1.46. The molecule has 0 aliphatic carbocycles. The molecule has 0 atom stereocenters. The molecule has 0 aromatic heterocycles. The van der Waals surface area contributed by atoms with Gasteiger partial charge in [-0.3, -0.25) is 0 Å². The number of hydrogen-bond acceptors (Lipinski definition) is 4. The number of hydrogen-bond donors (Lipinski definition) is 1. The van der Waals surface area contributed by atoms with Gasteiger partial charge in [-0.25, -0.2) is 0 Å². The Hall–Kier alpha value is -0.0301. The third-order valence-corrected chi connectivity index (χ3v) is 4.43. The lowest BCUT2D eigenvalue weighted by Gasteiger charge is -2.39. The normalized spacial score (nSPS) is 23.3. The van der Waals surface area contributed by atoms with E-state index in [1.165, 1.54) is 0 Å². The highest BCUT2D eigenvalue weighted by atomic mass is 16.7. The molecule has 4 nitrogen and oxygen atoms in total. The minimum absolute atomic E-state index is 0.316. The molecule has 0 aromatic carbocycles. The fraction of sp³-hybridized carbons (Fsp3) is 1.00. The van der Waals surface area contributed by atoms with E-state index in [2.05, 4.69) is 0 Å². The number of nitrogens with two attached hydrogens (primary N) is 1. The lowest BCUT2D eigenvalue weighted by Crippen LogP contribution is -2.56. The largest absolute Gasteiger partial charge is 0.441 e. The van der Waals surface area contributed by atoms with Gasteiger partial charge in [0, 0.05) is 5.54 Å². The molecule has 1 rings (SSSR count). The van der Waals surface area contributed by atoms with Crippen LogP contribution in [0.25, 0.3) is 0 Å². The van der Waals surface area contributed by atoms with Gasteiger partial charge < -0.3 is 19.7 Å². The number of rotatable bonds is 4. The lowest BCUT2D eigenvalue weighted by atomic mass is 9.55. The van der Waals surface area contributed by atoms with Crippen LogP contribution in [0.4, 0.5) is 0 Å². The molecule has 1 heterocycles. The van der Waals surface area contributed by atoms with Crippen molar-refractivity contribution in [1.29, 1.82) is 0 Å². The first-order valence-electron chi connectivity index (χ1n) is 6.57. The van der Waals surface area contributed by atoms with E-state index in [4.69, 9.17) is 19.7 Å². The molecule has 1 aliphatic heterocycles. The first-order chi connectivity index (χ1) is 7.79. The molecule has 2 N–H and O–H groups in total. The Morgan fingerprint density at radius 2 is 1.39 bits per heavy atom. The highest BCUT2D eigenvalue weighted by Crippen LogP contribution is 2.36. The Morgan fingerprint density at radius 3 is 1.72 bits per heavy atom. The Bertz CT molecular complexity index is 295. The molecule has 0 aromatic rings. The van der Waals surface area contributed by atoms with E-state index in [0.29, 0.717) is 7.37 Å². The standard InChI is InChI=1S/C12H27B2NO3/c1-9(2,15)10(3,4)16-13-14-17-11(5,6)12(7,8)18-14/h13H,15H2,1-8H3. The first-order valence-corrected chi connectivity index (χ1v) is 6.57. The second-order valence-electron chi connectivity index (χ2n) is 7.23. The topological polar surface area (TPSA) is 53.7 Å². The van der Waals surface area contributed by atoms with Crippen LogP contribution in [0.1, 0.15) is 55.4 Å². The maximum absolute atomic E-state index is 6.10. The Labute approximate surface area is 112 Å². The van der Waals surface area contributed by atoms with E-state index in [1.807, 2.05) is 55.4 Å². The van der Waals surface area contributed by atoms with Gasteiger partial charge >= 0.3 is 14.4 Å². The van der Waals surface area contributed by atoms with Gasteiger partial charge in [-0.1, -0.05) is 0 Å². The van der Waals surface area contributed by atoms with Crippen molar-refractivity contribution < 1.29 is 14.0 Å². The van der Waals surface area contributed by atoms with Crippen molar-refractivity contribution >= 4 is 14.4 Å². The molecule has 0 unspecified atom stereocenters. The van der Waals surface area contributed by atoms with Gasteiger partial charge in [0.2, 0.25) is 0 Å². The van der Waals surface area contributed by atoms with E-state index in [0.717, 1.165) is 0 Å². The van der Waals surface area contributed by atoms with Crippen LogP contribution in [0.3, 0.4) is 0 Å². The zero-order valence-electron chi connectivity index (χ0n) is 13.1. The average Bonchev–Trinajstić information content (AvgIpc) is 2.30. The Morgan fingerprint density at radius 1 is 1.00 bits per heavy atom. The fourth-order valence-corrected chi connectivity index (χ4v) is 1.50. The van der Waals surface area contributed by atoms with Crippen LogP contribution in [0.5, 0.6) is 0 Å². The van der Waals surface area contributed by atoms with Crippen LogP contribution < -0.4 is 5.73 Å². The monoisotopic (exact) mass is 255 g/mol. The summed E-state index contributed by atoms with van der Waals surface area (Å²) in [6, 6.07) is 0. The van der Waals surface area contributed by atoms with Gasteiger partial charge in [0.15, 0.2) is 0 Å². The van der Waals surface area contributed by atoms with Crippen LogP contribution >= 0.6 is 0 Å². The summed E-state index contributed by atoms with van der Waals surface area (Å²) >= 11 is 0. The van der Waals surface area contributed by atoms with Gasteiger partial charge in [-0.05, 0) is 55.4 Å². The van der Waals surface area contributed by atoms with Crippen LogP contribution in [0.15, 0.2) is 0 Å². The predicted molar refractivity (Wildman–Crippen MR) is 76.7 cm³/mol. The molecule has 18 heavy (non-hydrogen) atoms. The third-order valence-electron chi connectivity index (χ3n) is 4.43. The summed E-state index contributed by atoms with van der Waals surface area (Å²) in [4.78, 5) is 0. The molecule has 0 spiro atoms. The molecule has 0 saturated carbocycles. The van der Waals surface area contributed by atoms with Crippen LogP contribution in [0, 0.1) is 0 Å². The third kappa shape index (κ3) is 3.10. The second-order valence-corrected chi connectivity index (χ2v) is 7.23. The summed E-state index contributed by atoms with van der Waals surface area (Å²) in [5.41, 5.74) is 4.61. The van der Waals surface area contributed by atoms with E-state index in [-0.39, 0.29) is 18.2 Å². The van der Waals surface area contributed by atoms with E-state index < -0.39 is 11.1 Å². The Balaban J connectivity index is 2.58. The molecule has 1 aliphatic rings. The zero-order valence-corrected chi connectivity index (χ0v) is 13.1. The molecule has 0 bridgehead atoms. The fourth-order valence-electron chi connectivity index (χ4n) is 1.50. The van der Waals surface area contributed by atoms with Crippen molar-refractivity contribution in [3.8, 4) is 0 Å². The summed E-state index contributed by atoms with van der Waals surface area (Å²) in [6.07, 6.45) is 0. The lowest BCUT2D eigenvalue weighted by molar-refractivity contribution is 0.00578. The first kappa shape index (κ1) is 16.0. The van der Waals surface area contributed by atoms with Gasteiger partial charge in [0.1, 0.15) is 0 Å². The molecular formula is C12H27B2NO3. The minimum atomic E-state index is -0.434. The van der Waals surface area contributed by atoms with Gasteiger partial charge in [0.25, 0.3) is 0 Å². The molecule has 1 saturated heterocycles. The summed E-state index contributed by atoms with van der Waals surface area (Å²) < 4.78 is 17.7. The average molecular weight is 255 g/mol. The van der Waals surface area contributed by atoms with Crippen molar-refractivity contribution in [2.75, 3.05) is 0 Å². The molecule has 104 valence electrons. The maximum Gasteiger partial charge on any atom is 0.441 e. The van der Waals surface area contributed by atoms with Crippen molar-refractivity contribution in [2.24, 2.45) is 5.73 Å². The molecule has 1 fully saturated rings. The summed E-state index contributed by atoms with van der Waals surface area (Å²) in [6.45, 7) is 16.0. The van der Waals surface area contributed by atoms with Crippen LogP contribution in [-0.4, -0.2) is 36.7 Å². The quantitative estimate of drug-likeness (QED) is 0.772. The smallest absolute Gasteiger partial charge is 0.435 e. The van der Waals surface area contributed by atoms with Gasteiger partial charge in [-0.15, -0.1) is 0 Å². The van der Waals surface area contributed by atoms with Crippen molar-refractivity contribution in [1.82, 2.24) is 0 Å².